The van der Waals surface area contributed by atoms with E-state index >= 15 is 0 Å². The molecule has 12 heavy (non-hydrogen) atoms. The van der Waals surface area contributed by atoms with Crippen LogP contribution in [-0.2, 0) is 9.84 Å². The van der Waals surface area contributed by atoms with Crippen molar-refractivity contribution in [3.8, 4) is 0 Å². The fourth-order valence-electron chi connectivity index (χ4n) is 1.62. The van der Waals surface area contributed by atoms with Crippen molar-refractivity contribution in [2.45, 2.75) is 25.1 Å². The minimum atomic E-state index is -2.70. The highest BCUT2D eigenvalue weighted by molar-refractivity contribution is 9.09. The Morgan fingerprint density at radius 2 is 2.00 bits per heavy atom. The van der Waals surface area contributed by atoms with Crippen molar-refractivity contribution in [1.29, 1.82) is 0 Å². The second kappa shape index (κ2) is 3.66. The number of sulfone groups is 1. The fourth-order valence-corrected chi connectivity index (χ4v) is 4.17. The minimum Gasteiger partial charge on any atom is -0.229 e. The predicted octanol–water partition coefficient (Wildman–Crippen LogP) is 1.84. The smallest absolute Gasteiger partial charge is 0.150 e. The number of hydrogen-bond acceptors (Lipinski definition) is 2. The molecular weight excluding hydrogens is 240 g/mol. The van der Waals surface area contributed by atoms with Crippen molar-refractivity contribution < 1.29 is 8.42 Å². The van der Waals surface area contributed by atoms with Crippen LogP contribution >= 0.6 is 15.9 Å². The van der Waals surface area contributed by atoms with Gasteiger partial charge in [-0.1, -0.05) is 29.8 Å². The molecule has 0 N–H and O–H groups in total. The molecule has 4 heteroatoms. The summed E-state index contributed by atoms with van der Waals surface area (Å²) >= 11 is 3.56. The van der Waals surface area contributed by atoms with Gasteiger partial charge in [-0.25, -0.2) is 8.42 Å². The number of halogens is 1. The molecule has 0 bridgehead atoms. The largest absolute Gasteiger partial charge is 0.229 e. The van der Waals surface area contributed by atoms with E-state index < -0.39 is 9.84 Å². The van der Waals surface area contributed by atoms with Crippen molar-refractivity contribution >= 4 is 25.8 Å². The highest BCUT2D eigenvalue weighted by atomic mass is 79.9. The molecule has 1 heterocycles. The van der Waals surface area contributed by atoms with Gasteiger partial charge in [-0.3, -0.25) is 0 Å². The number of hydrogen-bond donors (Lipinski definition) is 0. The van der Waals surface area contributed by atoms with E-state index in [-0.39, 0.29) is 0 Å². The van der Waals surface area contributed by atoms with Gasteiger partial charge in [0.15, 0.2) is 9.84 Å². The summed E-state index contributed by atoms with van der Waals surface area (Å²) in [7, 11) is -2.70. The maximum absolute atomic E-state index is 11.1. The van der Waals surface area contributed by atoms with Crippen molar-refractivity contribution in [1.82, 2.24) is 0 Å². The van der Waals surface area contributed by atoms with Gasteiger partial charge < -0.3 is 0 Å². The molecule has 2 unspecified atom stereocenters. The summed E-state index contributed by atoms with van der Waals surface area (Å²) in [5, 5.41) is 0. The van der Waals surface area contributed by atoms with E-state index in [0.717, 1.165) is 6.42 Å². The molecule has 2 atom stereocenters. The van der Waals surface area contributed by atoms with Crippen molar-refractivity contribution in [2.75, 3.05) is 11.5 Å². The lowest BCUT2D eigenvalue weighted by Crippen LogP contribution is -2.21. The Morgan fingerprint density at radius 3 is 2.33 bits per heavy atom. The van der Waals surface area contributed by atoms with Crippen LogP contribution < -0.4 is 0 Å². The summed E-state index contributed by atoms with van der Waals surface area (Å²) in [4.78, 5) is 0.356. The van der Waals surface area contributed by atoms with E-state index in [1.54, 1.807) is 0 Å². The van der Waals surface area contributed by atoms with Crippen LogP contribution in [0.25, 0.3) is 0 Å². The highest BCUT2D eigenvalue weighted by Crippen LogP contribution is 2.30. The molecule has 1 aliphatic heterocycles. The molecule has 0 aromatic heterocycles. The molecule has 0 spiro atoms. The van der Waals surface area contributed by atoms with Crippen LogP contribution in [0.2, 0.25) is 0 Å². The number of alkyl halides is 1. The molecule has 72 valence electrons. The monoisotopic (exact) mass is 254 g/mol. The van der Waals surface area contributed by atoms with Crippen molar-refractivity contribution in [2.24, 2.45) is 11.8 Å². The van der Waals surface area contributed by atoms with Crippen LogP contribution in [0.4, 0.5) is 0 Å². The molecule has 0 aromatic rings. The molecule has 2 nitrogen and oxygen atoms in total. The van der Waals surface area contributed by atoms with Crippen LogP contribution in [-0.4, -0.2) is 24.8 Å². The Kier molecular flexibility index (Phi) is 3.21. The molecular formula is C8H15BrO2S. The minimum absolute atomic E-state index is 0.329. The maximum atomic E-state index is 11.1. The van der Waals surface area contributed by atoms with Crippen molar-refractivity contribution in [3.63, 3.8) is 0 Å². The SMILES string of the molecule is CC(C)C(Br)C1CCS(=O)(=O)C1. The molecule has 1 saturated heterocycles. The average molecular weight is 255 g/mol. The molecule has 0 aromatic carbocycles. The second-order valence-electron chi connectivity index (χ2n) is 3.85. The second-order valence-corrected chi connectivity index (χ2v) is 7.14. The van der Waals surface area contributed by atoms with Gasteiger partial charge in [0.2, 0.25) is 0 Å². The summed E-state index contributed by atoms with van der Waals surface area (Å²) in [5.74, 6) is 1.60. The Labute approximate surface area is 82.8 Å². The first-order valence-electron chi connectivity index (χ1n) is 4.27. The summed E-state index contributed by atoms with van der Waals surface area (Å²) in [6.45, 7) is 4.23. The van der Waals surface area contributed by atoms with E-state index in [1.165, 1.54) is 0 Å². The van der Waals surface area contributed by atoms with Crippen LogP contribution in [0.1, 0.15) is 20.3 Å². The van der Waals surface area contributed by atoms with Gasteiger partial charge in [-0.05, 0) is 18.3 Å². The zero-order chi connectivity index (χ0) is 9.35. The first-order valence-corrected chi connectivity index (χ1v) is 7.00. The summed E-state index contributed by atoms with van der Waals surface area (Å²) < 4.78 is 22.3. The molecule has 1 fully saturated rings. The third-order valence-corrected chi connectivity index (χ3v) is 5.95. The molecule has 0 radical (unpaired) electrons. The number of rotatable bonds is 2. The van der Waals surface area contributed by atoms with Crippen molar-refractivity contribution in [3.05, 3.63) is 0 Å². The topological polar surface area (TPSA) is 34.1 Å². The van der Waals surface area contributed by atoms with Gasteiger partial charge in [0, 0.05) is 4.83 Å². The van der Waals surface area contributed by atoms with Gasteiger partial charge in [-0.2, -0.15) is 0 Å². The summed E-state index contributed by atoms with van der Waals surface area (Å²) in [6, 6.07) is 0. The van der Waals surface area contributed by atoms with Gasteiger partial charge in [0.25, 0.3) is 0 Å². The third kappa shape index (κ3) is 2.46. The molecule has 1 rings (SSSR count). The summed E-state index contributed by atoms with van der Waals surface area (Å²) in [5.41, 5.74) is 0. The first-order chi connectivity index (χ1) is 5.42. The lowest BCUT2D eigenvalue weighted by Gasteiger charge is -2.19. The Balaban J connectivity index is 2.58. The van der Waals surface area contributed by atoms with Gasteiger partial charge in [0.1, 0.15) is 0 Å². The van der Waals surface area contributed by atoms with Crippen LogP contribution in [0, 0.1) is 11.8 Å². The Morgan fingerprint density at radius 1 is 1.42 bits per heavy atom. The normalized spacial score (nSPS) is 30.8. The lowest BCUT2D eigenvalue weighted by atomic mass is 9.97. The molecule has 0 saturated carbocycles. The van der Waals surface area contributed by atoms with E-state index in [0.29, 0.717) is 28.2 Å². The summed E-state index contributed by atoms with van der Waals surface area (Å²) in [6.07, 6.45) is 0.830. The van der Waals surface area contributed by atoms with Gasteiger partial charge >= 0.3 is 0 Å². The Bertz CT molecular complexity index is 246. The van der Waals surface area contributed by atoms with E-state index in [4.69, 9.17) is 0 Å². The highest BCUT2D eigenvalue weighted by Gasteiger charge is 2.33. The lowest BCUT2D eigenvalue weighted by molar-refractivity contribution is 0.470. The van der Waals surface area contributed by atoms with Gasteiger partial charge in [-0.15, -0.1) is 0 Å². The molecule has 0 amide bonds. The maximum Gasteiger partial charge on any atom is 0.150 e. The average Bonchev–Trinajstić information content (AvgIpc) is 2.28. The third-order valence-electron chi connectivity index (χ3n) is 2.35. The van der Waals surface area contributed by atoms with E-state index in [1.807, 2.05) is 0 Å². The van der Waals surface area contributed by atoms with Crippen LogP contribution in [0.15, 0.2) is 0 Å². The standard InChI is InChI=1S/C8H15BrO2S/c1-6(2)8(9)7-3-4-12(10,11)5-7/h6-8H,3-5H2,1-2H3. The molecule has 1 aliphatic rings. The zero-order valence-corrected chi connectivity index (χ0v) is 9.86. The van der Waals surface area contributed by atoms with Gasteiger partial charge in [0.05, 0.1) is 11.5 Å². The molecule has 0 aliphatic carbocycles. The van der Waals surface area contributed by atoms with Crippen LogP contribution in [0.5, 0.6) is 0 Å². The quantitative estimate of drug-likeness (QED) is 0.705. The van der Waals surface area contributed by atoms with Crippen LogP contribution in [0.3, 0.4) is 0 Å². The fraction of sp³-hybridized carbons (Fsp3) is 1.00. The van der Waals surface area contributed by atoms with E-state index in [9.17, 15) is 8.42 Å². The van der Waals surface area contributed by atoms with E-state index in [2.05, 4.69) is 29.8 Å². The predicted molar refractivity (Wildman–Crippen MR) is 54.3 cm³/mol. The Hall–Kier alpha value is 0.430. The first kappa shape index (κ1) is 10.5. The zero-order valence-electron chi connectivity index (χ0n) is 7.46.